The van der Waals surface area contributed by atoms with Gasteiger partial charge >= 0.3 is 10.2 Å². The molecule has 0 aliphatic carbocycles. The highest BCUT2D eigenvalue weighted by Gasteiger charge is 2.33. The summed E-state index contributed by atoms with van der Waals surface area (Å²) in [5.74, 6) is 0.304. The number of anilines is 1. The monoisotopic (exact) mass is 552 g/mol. The van der Waals surface area contributed by atoms with E-state index in [0.717, 1.165) is 22.4 Å². The molecule has 204 valence electrons. The molecule has 0 atom stereocenters. The molecule has 39 heavy (non-hydrogen) atoms. The molecule has 1 aliphatic heterocycles. The Balaban J connectivity index is 1.31. The Morgan fingerprint density at radius 3 is 2.46 bits per heavy atom. The summed E-state index contributed by atoms with van der Waals surface area (Å²) < 4.78 is 37.0. The lowest BCUT2D eigenvalue weighted by Gasteiger charge is -2.38. The average Bonchev–Trinajstić information content (AvgIpc) is 2.85. The van der Waals surface area contributed by atoms with Crippen molar-refractivity contribution < 1.29 is 21.7 Å². The fourth-order valence-corrected chi connectivity index (χ4v) is 4.86. The van der Waals surface area contributed by atoms with Crippen LogP contribution < -0.4 is 26.3 Å². The van der Waals surface area contributed by atoms with E-state index in [4.69, 9.17) is 11.5 Å². The maximum atomic E-state index is 13.1. The van der Waals surface area contributed by atoms with Crippen LogP contribution in [-0.2, 0) is 34.5 Å². The summed E-state index contributed by atoms with van der Waals surface area (Å²) in [5, 5.41) is 2.95. The second-order valence-electron chi connectivity index (χ2n) is 9.68. The first kappa shape index (κ1) is 27.7. The van der Waals surface area contributed by atoms with E-state index in [1.165, 1.54) is 12.1 Å². The summed E-state index contributed by atoms with van der Waals surface area (Å²) in [7, 11) is -4.72. The molecule has 0 unspecified atom stereocenters. The van der Waals surface area contributed by atoms with Crippen LogP contribution in [0.2, 0.25) is 0 Å². The molecule has 12 heteroatoms. The van der Waals surface area contributed by atoms with Gasteiger partial charge in [0, 0.05) is 35.8 Å². The Kier molecular flexibility index (Phi) is 7.95. The SMILES string of the molecule is CC1(C)N=C(N)N=C(N)N1c1cccc(CCC(=O)NCc2ccc[n+](Cc3ccc(S(=O)(=O)F)cc3)c2)c1. The highest BCUT2D eigenvalue weighted by Crippen LogP contribution is 2.28. The van der Waals surface area contributed by atoms with Gasteiger partial charge in [0.15, 0.2) is 18.9 Å². The maximum absolute atomic E-state index is 13.1. The van der Waals surface area contributed by atoms with Gasteiger partial charge in [0.25, 0.3) is 0 Å². The Labute approximate surface area is 227 Å². The number of benzene rings is 2. The van der Waals surface area contributed by atoms with E-state index >= 15 is 0 Å². The summed E-state index contributed by atoms with van der Waals surface area (Å²) in [6, 6.07) is 17.1. The lowest BCUT2D eigenvalue weighted by Crippen LogP contribution is -2.54. The zero-order valence-electron chi connectivity index (χ0n) is 21.7. The molecule has 10 nitrogen and oxygen atoms in total. The fraction of sp³-hybridized carbons (Fsp3) is 0.259. The van der Waals surface area contributed by atoms with Gasteiger partial charge in [-0.1, -0.05) is 24.3 Å². The van der Waals surface area contributed by atoms with Gasteiger partial charge in [-0.15, -0.1) is 3.89 Å². The van der Waals surface area contributed by atoms with E-state index in [1.807, 2.05) is 67.2 Å². The number of aryl methyl sites for hydroxylation is 1. The molecule has 1 amide bonds. The van der Waals surface area contributed by atoms with Gasteiger partial charge in [-0.3, -0.25) is 9.69 Å². The van der Waals surface area contributed by atoms with Crippen LogP contribution in [0.15, 0.2) is 87.9 Å². The lowest BCUT2D eigenvalue weighted by atomic mass is 10.1. The van der Waals surface area contributed by atoms with Gasteiger partial charge in [0.2, 0.25) is 17.8 Å². The molecular weight excluding hydrogens is 521 g/mol. The Hall–Kier alpha value is -4.32. The van der Waals surface area contributed by atoms with Crippen molar-refractivity contribution in [3.63, 3.8) is 0 Å². The number of nitrogens with two attached hydrogens (primary N) is 2. The van der Waals surface area contributed by atoms with Gasteiger partial charge < -0.3 is 16.8 Å². The predicted octanol–water partition coefficient (Wildman–Crippen LogP) is 2.12. The fourth-order valence-electron chi connectivity index (χ4n) is 4.40. The highest BCUT2D eigenvalue weighted by molar-refractivity contribution is 7.86. The molecule has 0 spiro atoms. The smallest absolute Gasteiger partial charge is 0.332 e. The quantitative estimate of drug-likeness (QED) is 0.274. The predicted molar refractivity (Wildman–Crippen MR) is 147 cm³/mol. The van der Waals surface area contributed by atoms with E-state index in [2.05, 4.69) is 15.3 Å². The first-order valence-corrected chi connectivity index (χ1v) is 13.7. The molecule has 3 aromatic rings. The Bertz CT molecular complexity index is 1540. The van der Waals surface area contributed by atoms with Gasteiger partial charge in [-0.05, 0) is 56.2 Å². The van der Waals surface area contributed by atoms with Crippen molar-refractivity contribution in [2.24, 2.45) is 21.5 Å². The van der Waals surface area contributed by atoms with E-state index in [-0.39, 0.29) is 22.7 Å². The number of aliphatic imine (C=N–C) groups is 2. The van der Waals surface area contributed by atoms with Gasteiger partial charge in [-0.2, -0.15) is 13.4 Å². The van der Waals surface area contributed by atoms with Crippen LogP contribution in [0.4, 0.5) is 9.57 Å². The van der Waals surface area contributed by atoms with Crippen LogP contribution in [0.1, 0.15) is 37.0 Å². The normalized spacial score (nSPS) is 14.9. The third-order valence-corrected chi connectivity index (χ3v) is 7.02. The Morgan fingerprint density at radius 1 is 1.05 bits per heavy atom. The number of hydrogen-bond acceptors (Lipinski definition) is 8. The molecule has 0 saturated heterocycles. The standard InChI is InChI=1S/C27H30FN7O3S/c1-27(2)33-25(29)32-26(30)35(27)22-7-3-5-19(15-22)10-13-24(36)31-16-21-6-4-14-34(18-21)17-20-8-11-23(12-9-20)39(28,37)38/h3-9,11-12,14-15,18H,10,13,16-17H2,1-2H3,(H4-,29,30,31,32,33,36)/p+1. The second kappa shape index (κ2) is 11.2. The molecule has 5 N–H and O–H groups in total. The number of carbonyl (C=O) groups is 1. The molecule has 1 aromatic heterocycles. The van der Waals surface area contributed by atoms with E-state index in [0.29, 0.717) is 25.9 Å². The van der Waals surface area contributed by atoms with Crippen molar-refractivity contribution in [2.75, 3.05) is 4.90 Å². The number of amides is 1. The minimum atomic E-state index is -4.72. The first-order valence-electron chi connectivity index (χ1n) is 12.3. The van der Waals surface area contributed by atoms with Gasteiger partial charge in [0.05, 0.1) is 4.90 Å². The summed E-state index contributed by atoms with van der Waals surface area (Å²) in [5.41, 5.74) is 14.7. The zero-order chi connectivity index (χ0) is 28.2. The Morgan fingerprint density at radius 2 is 1.77 bits per heavy atom. The summed E-state index contributed by atoms with van der Waals surface area (Å²) in [6.07, 6.45) is 4.60. The van der Waals surface area contributed by atoms with Crippen molar-refractivity contribution in [3.8, 4) is 0 Å². The minimum Gasteiger partial charge on any atom is -0.369 e. The largest absolute Gasteiger partial charge is 0.369 e. The zero-order valence-corrected chi connectivity index (χ0v) is 22.5. The van der Waals surface area contributed by atoms with Crippen molar-refractivity contribution in [1.29, 1.82) is 0 Å². The number of pyridine rings is 1. The van der Waals surface area contributed by atoms with Gasteiger partial charge in [0.1, 0.15) is 5.66 Å². The topological polar surface area (TPSA) is 147 Å². The van der Waals surface area contributed by atoms with Gasteiger partial charge in [-0.25, -0.2) is 9.56 Å². The molecule has 4 rings (SSSR count). The third kappa shape index (κ3) is 7.17. The number of nitrogens with one attached hydrogen (secondary N) is 1. The van der Waals surface area contributed by atoms with Crippen molar-refractivity contribution in [2.45, 2.75) is 50.3 Å². The number of nitrogens with zero attached hydrogens (tertiary/aromatic N) is 4. The van der Waals surface area contributed by atoms with Crippen molar-refractivity contribution in [1.82, 2.24) is 5.32 Å². The summed E-state index contributed by atoms with van der Waals surface area (Å²) in [6.45, 7) is 4.60. The third-order valence-electron chi connectivity index (χ3n) is 6.18. The minimum absolute atomic E-state index is 0.0874. The molecule has 0 radical (unpaired) electrons. The van der Waals surface area contributed by atoms with E-state index in [1.54, 1.807) is 17.0 Å². The second-order valence-corrected chi connectivity index (χ2v) is 11.0. The molecule has 0 bridgehead atoms. The summed E-state index contributed by atoms with van der Waals surface area (Å²) in [4.78, 5) is 22.5. The maximum Gasteiger partial charge on any atom is 0.332 e. The van der Waals surface area contributed by atoms with E-state index < -0.39 is 15.9 Å². The molecule has 0 saturated carbocycles. The highest BCUT2D eigenvalue weighted by atomic mass is 32.3. The first-order chi connectivity index (χ1) is 18.4. The number of carbonyl (C=O) groups excluding carboxylic acids is 1. The number of rotatable bonds is 9. The molecule has 2 heterocycles. The molecular formula is C27H31FN7O3S+. The summed E-state index contributed by atoms with van der Waals surface area (Å²) >= 11 is 0. The van der Waals surface area contributed by atoms with Crippen molar-refractivity contribution >= 4 is 33.7 Å². The van der Waals surface area contributed by atoms with Crippen LogP contribution in [0.25, 0.3) is 0 Å². The number of guanidine groups is 2. The number of aromatic nitrogens is 1. The number of hydrogen-bond donors (Lipinski definition) is 3. The van der Waals surface area contributed by atoms with Crippen LogP contribution in [0.3, 0.4) is 0 Å². The number of halogens is 1. The van der Waals surface area contributed by atoms with Crippen LogP contribution in [0.5, 0.6) is 0 Å². The lowest BCUT2D eigenvalue weighted by molar-refractivity contribution is -0.688. The van der Waals surface area contributed by atoms with Crippen LogP contribution in [-0.4, -0.2) is 31.9 Å². The molecule has 1 aliphatic rings. The average molecular weight is 553 g/mol. The van der Waals surface area contributed by atoms with Crippen LogP contribution >= 0.6 is 0 Å². The van der Waals surface area contributed by atoms with Crippen molar-refractivity contribution in [3.05, 3.63) is 89.7 Å². The molecule has 0 fully saturated rings. The van der Waals surface area contributed by atoms with E-state index in [9.17, 15) is 17.1 Å². The molecule has 2 aromatic carbocycles. The van der Waals surface area contributed by atoms with Crippen LogP contribution in [0, 0.1) is 0 Å².